The minimum absolute atomic E-state index is 0.0333. The summed E-state index contributed by atoms with van der Waals surface area (Å²) in [5, 5.41) is 2.96. The molecule has 1 aromatic heterocycles. The van der Waals surface area contributed by atoms with Crippen LogP contribution in [0, 0.1) is 0 Å². The predicted molar refractivity (Wildman–Crippen MR) is 107 cm³/mol. The zero-order valence-corrected chi connectivity index (χ0v) is 15.5. The van der Waals surface area contributed by atoms with Gasteiger partial charge in [-0.2, -0.15) is 0 Å². The van der Waals surface area contributed by atoms with Gasteiger partial charge in [0.25, 0.3) is 5.91 Å². The van der Waals surface area contributed by atoms with E-state index in [4.69, 9.17) is 0 Å². The van der Waals surface area contributed by atoms with E-state index in [1.54, 1.807) is 6.20 Å². The number of carbonyl (C=O) groups is 1. The first kappa shape index (κ1) is 18.2. The molecule has 2 aromatic rings. The van der Waals surface area contributed by atoms with E-state index in [1.165, 1.54) is 5.69 Å². The number of para-hydroxylation sites is 1. The predicted octanol–water partition coefficient (Wildman–Crippen LogP) is 3.33. The summed E-state index contributed by atoms with van der Waals surface area (Å²) in [6.45, 7) is 6.71. The van der Waals surface area contributed by atoms with Crippen molar-refractivity contribution in [2.24, 2.45) is 0 Å². The number of amides is 1. The third-order valence-corrected chi connectivity index (χ3v) is 4.80. The largest absolute Gasteiger partial charge is 0.368 e. The van der Waals surface area contributed by atoms with Crippen molar-refractivity contribution in [1.82, 2.24) is 10.3 Å². The number of pyridine rings is 1. The van der Waals surface area contributed by atoms with Crippen molar-refractivity contribution in [3.05, 3.63) is 54.2 Å². The molecule has 138 valence electrons. The van der Waals surface area contributed by atoms with Gasteiger partial charge in [0, 0.05) is 44.6 Å². The number of anilines is 2. The van der Waals surface area contributed by atoms with Crippen LogP contribution < -0.4 is 15.1 Å². The number of nitrogens with one attached hydrogen (secondary N) is 1. The highest BCUT2D eigenvalue weighted by molar-refractivity contribution is 5.94. The zero-order chi connectivity index (χ0) is 18.2. The molecule has 26 heavy (non-hydrogen) atoms. The number of rotatable bonds is 7. The molecule has 1 aliphatic heterocycles. The maximum Gasteiger partial charge on any atom is 0.252 e. The van der Waals surface area contributed by atoms with E-state index in [2.05, 4.69) is 51.3 Å². The fourth-order valence-corrected chi connectivity index (χ4v) is 3.22. The lowest BCUT2D eigenvalue weighted by Gasteiger charge is -2.36. The van der Waals surface area contributed by atoms with Crippen LogP contribution in [0.3, 0.4) is 0 Å². The van der Waals surface area contributed by atoms with Crippen molar-refractivity contribution in [3.8, 4) is 0 Å². The van der Waals surface area contributed by atoms with Crippen LogP contribution in [0.15, 0.2) is 48.7 Å². The van der Waals surface area contributed by atoms with Gasteiger partial charge in [-0.1, -0.05) is 38.0 Å². The number of unbranched alkanes of at least 4 members (excludes halogenated alkanes) is 2. The normalized spacial score (nSPS) is 14.3. The summed E-state index contributed by atoms with van der Waals surface area (Å²) >= 11 is 0. The molecule has 0 radical (unpaired) electrons. The van der Waals surface area contributed by atoms with Crippen molar-refractivity contribution in [2.45, 2.75) is 26.2 Å². The Bertz CT molecular complexity index is 679. The summed E-state index contributed by atoms with van der Waals surface area (Å²) in [4.78, 5) is 21.3. The highest BCUT2D eigenvalue weighted by atomic mass is 16.1. The lowest BCUT2D eigenvalue weighted by Crippen LogP contribution is -2.46. The summed E-state index contributed by atoms with van der Waals surface area (Å²) < 4.78 is 0. The van der Waals surface area contributed by atoms with Crippen molar-refractivity contribution < 1.29 is 4.79 Å². The first-order valence-corrected chi connectivity index (χ1v) is 9.57. The Kier molecular flexibility index (Phi) is 6.47. The molecule has 0 bridgehead atoms. The molecule has 1 aromatic carbocycles. The van der Waals surface area contributed by atoms with Crippen LogP contribution in [0.5, 0.6) is 0 Å². The van der Waals surface area contributed by atoms with Crippen LogP contribution in [0.4, 0.5) is 11.5 Å². The van der Waals surface area contributed by atoms with E-state index in [9.17, 15) is 4.79 Å². The second kappa shape index (κ2) is 9.22. The minimum Gasteiger partial charge on any atom is -0.368 e. The van der Waals surface area contributed by atoms with Gasteiger partial charge in [0.15, 0.2) is 0 Å². The van der Waals surface area contributed by atoms with Crippen LogP contribution in [0.1, 0.15) is 36.5 Å². The van der Waals surface area contributed by atoms with E-state index in [-0.39, 0.29) is 5.91 Å². The molecule has 0 aliphatic carbocycles. The SMILES string of the molecule is CCCCCNC(=O)c1ccc(N2CCN(c3ccccc3)CC2)nc1. The van der Waals surface area contributed by atoms with Gasteiger partial charge in [-0.15, -0.1) is 0 Å². The third kappa shape index (κ3) is 4.75. The van der Waals surface area contributed by atoms with Gasteiger partial charge >= 0.3 is 0 Å². The van der Waals surface area contributed by atoms with Crippen molar-refractivity contribution in [2.75, 3.05) is 42.5 Å². The highest BCUT2D eigenvalue weighted by Crippen LogP contribution is 2.19. The minimum atomic E-state index is -0.0333. The molecule has 2 heterocycles. The van der Waals surface area contributed by atoms with Crippen molar-refractivity contribution in [3.63, 3.8) is 0 Å². The van der Waals surface area contributed by atoms with E-state index >= 15 is 0 Å². The van der Waals surface area contributed by atoms with Crippen molar-refractivity contribution >= 4 is 17.4 Å². The molecule has 1 aliphatic rings. The quantitative estimate of drug-likeness (QED) is 0.777. The number of carbonyl (C=O) groups excluding carboxylic acids is 1. The van der Waals surface area contributed by atoms with Gasteiger partial charge in [-0.25, -0.2) is 4.98 Å². The first-order chi connectivity index (χ1) is 12.8. The number of benzene rings is 1. The average Bonchev–Trinajstić information content (AvgIpc) is 2.72. The number of hydrogen-bond donors (Lipinski definition) is 1. The Morgan fingerprint density at radius 3 is 2.38 bits per heavy atom. The second-order valence-corrected chi connectivity index (χ2v) is 6.68. The molecular weight excluding hydrogens is 324 g/mol. The molecule has 0 saturated carbocycles. The number of hydrogen-bond acceptors (Lipinski definition) is 4. The molecular formula is C21H28N4O. The van der Waals surface area contributed by atoms with Gasteiger partial charge in [-0.05, 0) is 30.7 Å². The Balaban J connectivity index is 1.51. The molecule has 3 rings (SSSR count). The maximum atomic E-state index is 12.1. The molecule has 5 heteroatoms. The Morgan fingerprint density at radius 2 is 1.73 bits per heavy atom. The average molecular weight is 352 g/mol. The van der Waals surface area contributed by atoms with Gasteiger partial charge in [-0.3, -0.25) is 4.79 Å². The third-order valence-electron chi connectivity index (χ3n) is 4.80. The lowest BCUT2D eigenvalue weighted by molar-refractivity contribution is 0.0952. The maximum absolute atomic E-state index is 12.1. The second-order valence-electron chi connectivity index (χ2n) is 6.68. The van der Waals surface area contributed by atoms with Crippen LogP contribution in [-0.2, 0) is 0 Å². The van der Waals surface area contributed by atoms with Crippen LogP contribution in [0.25, 0.3) is 0 Å². The smallest absolute Gasteiger partial charge is 0.252 e. The number of nitrogens with zero attached hydrogens (tertiary/aromatic N) is 3. The molecule has 0 unspecified atom stereocenters. The molecule has 1 N–H and O–H groups in total. The summed E-state index contributed by atoms with van der Waals surface area (Å²) in [7, 11) is 0. The Morgan fingerprint density at radius 1 is 1.00 bits per heavy atom. The molecule has 1 saturated heterocycles. The van der Waals surface area contributed by atoms with E-state index in [1.807, 2.05) is 18.2 Å². The standard InChI is InChI=1S/C21H28N4O/c1-2-3-7-12-22-21(26)18-10-11-20(23-17-18)25-15-13-24(14-16-25)19-8-5-4-6-9-19/h4-6,8-11,17H,2-3,7,12-16H2,1H3,(H,22,26). The first-order valence-electron chi connectivity index (χ1n) is 9.57. The summed E-state index contributed by atoms with van der Waals surface area (Å²) in [6.07, 6.45) is 5.02. The zero-order valence-electron chi connectivity index (χ0n) is 15.5. The van der Waals surface area contributed by atoms with Gasteiger partial charge in [0.1, 0.15) is 5.82 Å². The topological polar surface area (TPSA) is 48.5 Å². The van der Waals surface area contributed by atoms with Gasteiger partial charge in [0.2, 0.25) is 0 Å². The van der Waals surface area contributed by atoms with Crippen LogP contribution >= 0.6 is 0 Å². The lowest BCUT2D eigenvalue weighted by atomic mass is 10.2. The van der Waals surface area contributed by atoms with Crippen molar-refractivity contribution in [1.29, 1.82) is 0 Å². The molecule has 0 spiro atoms. The van der Waals surface area contributed by atoms with E-state index in [0.717, 1.165) is 57.8 Å². The monoisotopic (exact) mass is 352 g/mol. The van der Waals surface area contributed by atoms with Crippen LogP contribution in [0.2, 0.25) is 0 Å². The molecule has 1 amide bonds. The Hall–Kier alpha value is -2.56. The summed E-state index contributed by atoms with van der Waals surface area (Å²) in [6, 6.07) is 14.3. The Labute approximate surface area is 156 Å². The van der Waals surface area contributed by atoms with E-state index < -0.39 is 0 Å². The fraction of sp³-hybridized carbons (Fsp3) is 0.429. The number of aromatic nitrogens is 1. The van der Waals surface area contributed by atoms with Gasteiger partial charge in [0.05, 0.1) is 5.56 Å². The molecule has 0 atom stereocenters. The highest BCUT2D eigenvalue weighted by Gasteiger charge is 2.18. The molecule has 5 nitrogen and oxygen atoms in total. The fourth-order valence-electron chi connectivity index (χ4n) is 3.22. The van der Waals surface area contributed by atoms with Gasteiger partial charge < -0.3 is 15.1 Å². The summed E-state index contributed by atoms with van der Waals surface area (Å²) in [5.41, 5.74) is 1.91. The van der Waals surface area contributed by atoms with E-state index in [0.29, 0.717) is 5.56 Å². The summed E-state index contributed by atoms with van der Waals surface area (Å²) in [5.74, 6) is 0.911. The number of piperazine rings is 1. The molecule has 1 fully saturated rings. The van der Waals surface area contributed by atoms with Crippen LogP contribution in [-0.4, -0.2) is 43.6 Å².